The van der Waals surface area contributed by atoms with Crippen molar-refractivity contribution in [1.82, 2.24) is 14.7 Å². The number of carbonyl (C=O) groups excluding carboxylic acids is 2. The molecule has 1 aliphatic heterocycles. The summed E-state index contributed by atoms with van der Waals surface area (Å²) < 4.78 is 64.5. The second-order valence-electron chi connectivity index (χ2n) is 10.9. The average molecular weight is 567 g/mol. The molecule has 6 rings (SSSR count). The van der Waals surface area contributed by atoms with Crippen LogP contribution in [-0.2, 0) is 10.2 Å². The lowest BCUT2D eigenvalue weighted by Crippen LogP contribution is -2.40. The average Bonchev–Trinajstić information content (AvgIpc) is 3.60. The first-order valence-electron chi connectivity index (χ1n) is 13.1. The van der Waals surface area contributed by atoms with Crippen LogP contribution in [0.5, 0.6) is 5.75 Å². The van der Waals surface area contributed by atoms with Crippen LogP contribution in [0.4, 0.5) is 17.6 Å². The first-order chi connectivity index (χ1) is 19.4. The van der Waals surface area contributed by atoms with Gasteiger partial charge in [0.05, 0.1) is 11.3 Å². The van der Waals surface area contributed by atoms with E-state index in [4.69, 9.17) is 10.5 Å². The van der Waals surface area contributed by atoms with Gasteiger partial charge < -0.3 is 20.2 Å². The maximum Gasteiger partial charge on any atom is 0.398 e. The normalized spacial score (nSPS) is 19.0. The molecule has 2 atom stereocenters. The maximum absolute atomic E-state index is 14.5. The maximum atomic E-state index is 14.5. The zero-order valence-electron chi connectivity index (χ0n) is 22.0. The molecule has 1 fully saturated rings. The van der Waals surface area contributed by atoms with Crippen LogP contribution in [0, 0.1) is 5.82 Å². The standard InChI is InChI=1S/C30H26F4N4O3/c1-29(28(35)40)15-41-26-22(29)11-24(37-25(26)17-4-7-20(31)8-5-17)23(30(32,33)34)12-36-27(39)18-6-9-21-10-19(16-2-3-16)14-38(21)13-18/h4-11,13-14,16,23H,2-3,12,15H2,1H3,(H2,35,40)(H,36,39)/t23-,29+/m1/s1. The Morgan fingerprint density at radius 2 is 1.88 bits per heavy atom. The fraction of sp³-hybridized carbons (Fsp3) is 0.300. The Kier molecular flexibility index (Phi) is 6.28. The molecular weight excluding hydrogens is 540 g/mol. The number of pyridine rings is 2. The van der Waals surface area contributed by atoms with Gasteiger partial charge in [-0.2, -0.15) is 13.2 Å². The number of aromatic nitrogens is 2. The quantitative estimate of drug-likeness (QED) is 0.300. The lowest BCUT2D eigenvalue weighted by atomic mass is 9.82. The molecule has 0 unspecified atom stereocenters. The van der Waals surface area contributed by atoms with Gasteiger partial charge in [-0.05, 0) is 79.8 Å². The highest BCUT2D eigenvalue weighted by atomic mass is 19.4. The van der Waals surface area contributed by atoms with E-state index in [1.165, 1.54) is 24.6 Å². The predicted octanol–water partition coefficient (Wildman–Crippen LogP) is 5.23. The van der Waals surface area contributed by atoms with Crippen LogP contribution in [-0.4, -0.2) is 40.5 Å². The number of hydrogen-bond acceptors (Lipinski definition) is 4. The Morgan fingerprint density at radius 3 is 2.54 bits per heavy atom. The van der Waals surface area contributed by atoms with Crippen LogP contribution < -0.4 is 15.8 Å². The highest BCUT2D eigenvalue weighted by Crippen LogP contribution is 2.46. The number of hydrogen-bond donors (Lipinski definition) is 2. The first kappa shape index (κ1) is 26.8. The van der Waals surface area contributed by atoms with Crippen molar-refractivity contribution in [3.05, 3.63) is 89.1 Å². The van der Waals surface area contributed by atoms with E-state index in [1.54, 1.807) is 22.7 Å². The fourth-order valence-electron chi connectivity index (χ4n) is 5.18. The Bertz CT molecular complexity index is 1680. The topological polar surface area (TPSA) is 98.7 Å². The van der Waals surface area contributed by atoms with E-state index in [1.807, 2.05) is 12.3 Å². The summed E-state index contributed by atoms with van der Waals surface area (Å²) in [4.78, 5) is 29.6. The number of rotatable bonds is 7. The SMILES string of the molecule is C[C@]1(C(N)=O)COc2c1cc([C@@H](CNC(=O)c1ccc3cc(C4CC4)cn3c1)C(F)(F)F)nc2-c1ccc(F)cc1. The van der Waals surface area contributed by atoms with Crippen LogP contribution in [0.3, 0.4) is 0 Å². The van der Waals surface area contributed by atoms with Gasteiger partial charge in [-0.3, -0.25) is 9.59 Å². The summed E-state index contributed by atoms with van der Waals surface area (Å²) in [5, 5.41) is 2.40. The summed E-state index contributed by atoms with van der Waals surface area (Å²) in [6.45, 7) is 0.493. The summed E-state index contributed by atoms with van der Waals surface area (Å²) in [6, 6.07) is 11.5. The number of amides is 2. The van der Waals surface area contributed by atoms with Gasteiger partial charge >= 0.3 is 6.18 Å². The molecule has 2 amide bonds. The molecule has 0 bridgehead atoms. The molecule has 212 valence electrons. The molecule has 7 nitrogen and oxygen atoms in total. The number of nitrogens with zero attached hydrogens (tertiary/aromatic N) is 2. The van der Waals surface area contributed by atoms with Gasteiger partial charge in [0.1, 0.15) is 35.2 Å². The second-order valence-corrected chi connectivity index (χ2v) is 10.9. The van der Waals surface area contributed by atoms with E-state index >= 15 is 0 Å². The van der Waals surface area contributed by atoms with Gasteiger partial charge in [0.25, 0.3) is 5.91 Å². The van der Waals surface area contributed by atoms with E-state index < -0.39 is 47.4 Å². The van der Waals surface area contributed by atoms with Crippen molar-refractivity contribution in [2.24, 2.45) is 5.73 Å². The third-order valence-corrected chi connectivity index (χ3v) is 7.90. The monoisotopic (exact) mass is 566 g/mol. The highest BCUT2D eigenvalue weighted by Gasteiger charge is 2.47. The molecule has 41 heavy (non-hydrogen) atoms. The van der Waals surface area contributed by atoms with E-state index in [0.29, 0.717) is 11.5 Å². The number of halogens is 4. The lowest BCUT2D eigenvalue weighted by molar-refractivity contribution is -0.149. The molecule has 3 N–H and O–H groups in total. The van der Waals surface area contributed by atoms with Gasteiger partial charge in [-0.15, -0.1) is 0 Å². The lowest BCUT2D eigenvalue weighted by Gasteiger charge is -2.24. The fourth-order valence-corrected chi connectivity index (χ4v) is 5.18. The summed E-state index contributed by atoms with van der Waals surface area (Å²) in [5.74, 6) is -3.58. The van der Waals surface area contributed by atoms with Crippen molar-refractivity contribution in [2.75, 3.05) is 13.2 Å². The molecule has 11 heteroatoms. The van der Waals surface area contributed by atoms with Crippen molar-refractivity contribution in [3.63, 3.8) is 0 Å². The van der Waals surface area contributed by atoms with E-state index in [-0.39, 0.29) is 29.2 Å². The minimum Gasteiger partial charge on any atom is -0.489 e. The summed E-state index contributed by atoms with van der Waals surface area (Å²) in [7, 11) is 0. The number of nitrogens with one attached hydrogen (secondary N) is 1. The number of alkyl halides is 3. The van der Waals surface area contributed by atoms with Crippen LogP contribution in [0.1, 0.15) is 58.8 Å². The first-order valence-corrected chi connectivity index (χ1v) is 13.1. The van der Waals surface area contributed by atoms with Gasteiger partial charge in [-0.25, -0.2) is 9.37 Å². The summed E-state index contributed by atoms with van der Waals surface area (Å²) in [5.41, 5.74) is 6.53. The van der Waals surface area contributed by atoms with Crippen molar-refractivity contribution >= 4 is 17.3 Å². The van der Waals surface area contributed by atoms with Gasteiger partial charge in [0.2, 0.25) is 5.91 Å². The Balaban J connectivity index is 1.34. The second kappa shape index (κ2) is 9.60. The van der Waals surface area contributed by atoms with E-state index in [2.05, 4.69) is 10.3 Å². The number of primary amides is 1. The molecular formula is C30H26F4N4O3. The number of ether oxygens (including phenoxy) is 1. The molecule has 2 aliphatic rings. The van der Waals surface area contributed by atoms with Crippen molar-refractivity contribution < 1.29 is 31.9 Å². The molecule has 4 aromatic rings. The number of nitrogens with two attached hydrogens (primary N) is 1. The van der Waals surface area contributed by atoms with E-state index in [0.717, 1.165) is 36.6 Å². The third-order valence-electron chi connectivity index (χ3n) is 7.90. The van der Waals surface area contributed by atoms with Crippen LogP contribution in [0.25, 0.3) is 16.8 Å². The minimum absolute atomic E-state index is 0.0209. The smallest absolute Gasteiger partial charge is 0.398 e. The predicted molar refractivity (Wildman–Crippen MR) is 142 cm³/mol. The Hall–Kier alpha value is -4.41. The van der Waals surface area contributed by atoms with Crippen molar-refractivity contribution in [2.45, 2.75) is 43.2 Å². The Morgan fingerprint density at radius 1 is 1.15 bits per heavy atom. The van der Waals surface area contributed by atoms with Gasteiger partial charge in [-0.1, -0.05) is 0 Å². The molecule has 4 heterocycles. The van der Waals surface area contributed by atoms with Crippen LogP contribution in [0.15, 0.2) is 60.9 Å². The molecule has 0 saturated heterocycles. The molecule has 1 aliphatic carbocycles. The number of carbonyl (C=O) groups is 2. The van der Waals surface area contributed by atoms with Crippen molar-refractivity contribution in [3.8, 4) is 17.0 Å². The zero-order chi connectivity index (χ0) is 29.1. The Labute approximate surface area is 232 Å². The number of benzene rings is 1. The molecule has 1 saturated carbocycles. The molecule has 3 aromatic heterocycles. The minimum atomic E-state index is -4.80. The molecule has 0 radical (unpaired) electrons. The highest BCUT2D eigenvalue weighted by molar-refractivity contribution is 5.94. The number of fused-ring (bicyclic) bond motifs is 2. The van der Waals surface area contributed by atoms with Gasteiger partial charge in [0.15, 0.2) is 0 Å². The zero-order valence-corrected chi connectivity index (χ0v) is 22.0. The van der Waals surface area contributed by atoms with Crippen molar-refractivity contribution in [1.29, 1.82) is 0 Å². The largest absolute Gasteiger partial charge is 0.489 e. The summed E-state index contributed by atoms with van der Waals surface area (Å²) >= 11 is 0. The third kappa shape index (κ3) is 4.89. The van der Waals surface area contributed by atoms with Crippen LogP contribution in [0.2, 0.25) is 0 Å². The summed E-state index contributed by atoms with van der Waals surface area (Å²) in [6.07, 6.45) is 0.960. The van der Waals surface area contributed by atoms with Crippen LogP contribution >= 0.6 is 0 Å². The van der Waals surface area contributed by atoms with Gasteiger partial charge in [0, 0.05) is 35.6 Å². The molecule has 1 aromatic carbocycles. The molecule has 0 spiro atoms. The van der Waals surface area contributed by atoms with E-state index in [9.17, 15) is 27.2 Å².